The van der Waals surface area contributed by atoms with E-state index in [9.17, 15) is 10.1 Å². The molecule has 0 aliphatic carbocycles. The number of hydrogen-bond donors (Lipinski definition) is 1. The van der Waals surface area contributed by atoms with Crippen molar-refractivity contribution in [2.45, 2.75) is 20.3 Å². The first-order valence-corrected chi connectivity index (χ1v) is 12.1. The maximum absolute atomic E-state index is 12.6. The molecular weight excluding hydrogens is 480 g/mol. The third-order valence-corrected chi connectivity index (χ3v) is 5.66. The third-order valence-electron chi connectivity index (χ3n) is 4.80. The normalized spacial score (nSPS) is 11.1. The number of rotatable bonds is 12. The predicted molar refractivity (Wildman–Crippen MR) is 138 cm³/mol. The first-order chi connectivity index (χ1) is 17.4. The molecule has 10 heteroatoms. The van der Waals surface area contributed by atoms with Crippen molar-refractivity contribution in [1.82, 2.24) is 10.2 Å². The number of amides is 1. The number of carbonyl (C=O) groups excluding carboxylic acids is 1. The van der Waals surface area contributed by atoms with Crippen molar-refractivity contribution in [3.05, 3.63) is 58.6 Å². The molecule has 0 fully saturated rings. The summed E-state index contributed by atoms with van der Waals surface area (Å²) in [5.41, 5.74) is 0.533. The number of benzene rings is 2. The second kappa shape index (κ2) is 13.1. The van der Waals surface area contributed by atoms with E-state index in [1.807, 2.05) is 30.3 Å². The Labute approximate surface area is 214 Å². The summed E-state index contributed by atoms with van der Waals surface area (Å²) in [6.07, 6.45) is 2.25. The minimum atomic E-state index is -0.558. The Bertz CT molecular complexity index is 1250. The molecule has 0 spiro atoms. The molecule has 0 radical (unpaired) electrons. The number of carbonyl (C=O) groups is 1. The van der Waals surface area contributed by atoms with Gasteiger partial charge in [-0.2, -0.15) is 5.26 Å². The number of hydrogen-bond acceptors (Lipinski definition) is 9. The van der Waals surface area contributed by atoms with Crippen LogP contribution >= 0.6 is 11.3 Å². The average molecular weight is 509 g/mol. The third kappa shape index (κ3) is 7.45. The molecule has 188 valence electrons. The van der Waals surface area contributed by atoms with E-state index < -0.39 is 5.91 Å². The minimum Gasteiger partial charge on any atom is -0.493 e. The Balaban J connectivity index is 1.62. The first kappa shape index (κ1) is 26.5. The second-order valence-corrected chi connectivity index (χ2v) is 9.04. The van der Waals surface area contributed by atoms with Gasteiger partial charge in [0, 0.05) is 6.42 Å². The number of nitrogens with zero attached hydrogens (tertiary/aromatic N) is 3. The number of nitriles is 1. The topological polar surface area (TPSA) is 116 Å². The van der Waals surface area contributed by atoms with Crippen molar-refractivity contribution in [2.24, 2.45) is 5.92 Å². The molecule has 1 aromatic heterocycles. The Morgan fingerprint density at radius 1 is 1.03 bits per heavy atom. The van der Waals surface area contributed by atoms with E-state index in [4.69, 9.17) is 18.9 Å². The van der Waals surface area contributed by atoms with Gasteiger partial charge in [-0.05, 0) is 41.8 Å². The molecule has 0 aliphatic rings. The van der Waals surface area contributed by atoms with Gasteiger partial charge >= 0.3 is 0 Å². The van der Waals surface area contributed by atoms with Crippen LogP contribution in [-0.4, -0.2) is 43.5 Å². The molecule has 0 atom stereocenters. The van der Waals surface area contributed by atoms with E-state index in [1.165, 1.54) is 24.5 Å². The van der Waals surface area contributed by atoms with Gasteiger partial charge in [-0.15, -0.1) is 10.2 Å². The highest BCUT2D eigenvalue weighted by Gasteiger charge is 2.14. The van der Waals surface area contributed by atoms with Gasteiger partial charge in [-0.25, -0.2) is 0 Å². The maximum Gasteiger partial charge on any atom is 0.268 e. The van der Waals surface area contributed by atoms with E-state index in [-0.39, 0.29) is 12.2 Å². The van der Waals surface area contributed by atoms with Crippen LogP contribution < -0.4 is 24.3 Å². The fraction of sp³-hybridized carbons (Fsp3) is 0.308. The summed E-state index contributed by atoms with van der Waals surface area (Å²) in [7, 11) is 3.10. The smallest absolute Gasteiger partial charge is 0.268 e. The number of methoxy groups -OCH3 is 2. The van der Waals surface area contributed by atoms with E-state index >= 15 is 0 Å². The number of ether oxygens (including phenoxy) is 4. The van der Waals surface area contributed by atoms with Crippen LogP contribution in [0.25, 0.3) is 6.08 Å². The molecule has 0 saturated carbocycles. The molecule has 2 aromatic carbocycles. The van der Waals surface area contributed by atoms with Crippen molar-refractivity contribution in [1.29, 1.82) is 5.26 Å². The highest BCUT2D eigenvalue weighted by Crippen LogP contribution is 2.30. The van der Waals surface area contributed by atoms with Crippen LogP contribution in [0.4, 0.5) is 5.13 Å². The van der Waals surface area contributed by atoms with Gasteiger partial charge in [-0.1, -0.05) is 43.4 Å². The molecule has 0 aliphatic heterocycles. The molecule has 3 aromatic rings. The Kier molecular flexibility index (Phi) is 9.65. The van der Waals surface area contributed by atoms with Crippen molar-refractivity contribution >= 4 is 28.5 Å². The zero-order valence-electron chi connectivity index (χ0n) is 20.6. The zero-order valence-corrected chi connectivity index (χ0v) is 21.4. The minimum absolute atomic E-state index is 0.0726. The van der Waals surface area contributed by atoms with Gasteiger partial charge in [0.15, 0.2) is 23.0 Å². The Hall–Kier alpha value is -4.10. The largest absolute Gasteiger partial charge is 0.493 e. The fourth-order valence-corrected chi connectivity index (χ4v) is 4.10. The predicted octanol–water partition coefficient (Wildman–Crippen LogP) is 4.76. The highest BCUT2D eigenvalue weighted by molar-refractivity contribution is 7.15. The summed E-state index contributed by atoms with van der Waals surface area (Å²) < 4.78 is 22.2. The highest BCUT2D eigenvalue weighted by atomic mass is 32.1. The molecule has 9 nitrogen and oxygen atoms in total. The lowest BCUT2D eigenvalue weighted by molar-refractivity contribution is -0.112. The Morgan fingerprint density at radius 3 is 2.33 bits per heavy atom. The van der Waals surface area contributed by atoms with E-state index in [2.05, 4.69) is 29.4 Å². The summed E-state index contributed by atoms with van der Waals surface area (Å²) >= 11 is 1.30. The fourth-order valence-electron chi connectivity index (χ4n) is 3.15. The summed E-state index contributed by atoms with van der Waals surface area (Å²) in [6, 6.07) is 14.4. The molecular formula is C26H28N4O5S. The van der Waals surface area contributed by atoms with Gasteiger partial charge in [0.05, 0.1) is 14.2 Å². The lowest BCUT2D eigenvalue weighted by Gasteiger charge is -2.13. The monoisotopic (exact) mass is 508 g/mol. The van der Waals surface area contributed by atoms with Crippen LogP contribution in [0.15, 0.2) is 48.0 Å². The molecule has 1 amide bonds. The lowest BCUT2D eigenvalue weighted by Crippen LogP contribution is -2.13. The first-order valence-electron chi connectivity index (χ1n) is 11.3. The van der Waals surface area contributed by atoms with Crippen LogP contribution in [0.3, 0.4) is 0 Å². The average Bonchev–Trinajstić information content (AvgIpc) is 3.31. The van der Waals surface area contributed by atoms with E-state index in [0.717, 1.165) is 11.4 Å². The van der Waals surface area contributed by atoms with Crippen LogP contribution in [0, 0.1) is 17.2 Å². The lowest BCUT2D eigenvalue weighted by atomic mass is 10.1. The summed E-state index contributed by atoms with van der Waals surface area (Å²) in [6.45, 7) is 4.73. The molecule has 0 unspecified atom stereocenters. The van der Waals surface area contributed by atoms with Gasteiger partial charge in [0.2, 0.25) is 5.13 Å². The number of anilines is 1. The number of para-hydroxylation sites is 2. The van der Waals surface area contributed by atoms with Crippen LogP contribution in [0.2, 0.25) is 0 Å². The van der Waals surface area contributed by atoms with Crippen molar-refractivity contribution < 1.29 is 23.7 Å². The second-order valence-electron chi connectivity index (χ2n) is 7.98. The number of nitrogens with one attached hydrogen (secondary N) is 1. The maximum atomic E-state index is 12.6. The van der Waals surface area contributed by atoms with E-state index in [0.29, 0.717) is 46.2 Å². The van der Waals surface area contributed by atoms with Crippen LogP contribution in [-0.2, 0) is 11.2 Å². The SMILES string of the molecule is COc1ccccc1OCCOc1ccc(/C=C(/C#N)C(=O)Nc2nnc(CC(C)C)s2)cc1OC. The van der Waals surface area contributed by atoms with Gasteiger partial charge in [-0.3, -0.25) is 10.1 Å². The molecule has 0 bridgehead atoms. The Morgan fingerprint density at radius 2 is 1.69 bits per heavy atom. The summed E-state index contributed by atoms with van der Waals surface area (Å²) in [5.74, 6) is 2.11. The zero-order chi connectivity index (χ0) is 25.9. The molecule has 3 rings (SSSR count). The van der Waals surface area contributed by atoms with Crippen LogP contribution in [0.1, 0.15) is 24.4 Å². The summed E-state index contributed by atoms with van der Waals surface area (Å²) in [5, 5.41) is 21.4. The van der Waals surface area contributed by atoms with Crippen molar-refractivity contribution in [3.63, 3.8) is 0 Å². The number of aromatic nitrogens is 2. The van der Waals surface area contributed by atoms with Crippen LogP contribution in [0.5, 0.6) is 23.0 Å². The molecule has 0 saturated heterocycles. The van der Waals surface area contributed by atoms with Gasteiger partial charge in [0.25, 0.3) is 5.91 Å². The van der Waals surface area contributed by atoms with E-state index in [1.54, 1.807) is 25.3 Å². The van der Waals surface area contributed by atoms with Gasteiger partial charge < -0.3 is 18.9 Å². The summed E-state index contributed by atoms with van der Waals surface area (Å²) in [4.78, 5) is 12.6. The van der Waals surface area contributed by atoms with Gasteiger partial charge in [0.1, 0.15) is 29.9 Å². The molecule has 36 heavy (non-hydrogen) atoms. The molecule has 1 N–H and O–H groups in total. The van der Waals surface area contributed by atoms with Crippen molar-refractivity contribution in [3.8, 4) is 29.1 Å². The quantitative estimate of drug-likeness (QED) is 0.212. The van der Waals surface area contributed by atoms with Crippen molar-refractivity contribution in [2.75, 3.05) is 32.8 Å². The molecule has 1 heterocycles. The standard InChI is InChI=1S/C26H28N4O5S/c1-17(2)13-24-29-30-26(36-24)28-25(31)19(16-27)14-18-9-10-22(23(15-18)33-4)35-12-11-34-21-8-6-5-7-20(21)32-3/h5-10,14-15,17H,11-13H2,1-4H3,(H,28,30,31)/b19-14-.